The van der Waals surface area contributed by atoms with E-state index in [9.17, 15) is 24.0 Å². The summed E-state index contributed by atoms with van der Waals surface area (Å²) in [7, 11) is 4.65. The Morgan fingerprint density at radius 2 is 1.70 bits per heavy atom. The van der Waals surface area contributed by atoms with E-state index >= 15 is 0 Å². The monoisotopic (exact) mass is 628 g/mol. The van der Waals surface area contributed by atoms with Crippen LogP contribution in [0.25, 0.3) is 0 Å². The Balaban J connectivity index is 3.04. The van der Waals surface area contributed by atoms with Crippen LogP contribution in [-0.2, 0) is 28.7 Å². The first kappa shape index (κ1) is 39.1. The summed E-state index contributed by atoms with van der Waals surface area (Å²) in [6.45, 7) is 10.2. The highest BCUT2D eigenvalue weighted by atomic mass is 16.5. The van der Waals surface area contributed by atoms with Crippen molar-refractivity contribution in [2.24, 2.45) is 17.6 Å². The van der Waals surface area contributed by atoms with Crippen LogP contribution in [-0.4, -0.2) is 134 Å². The van der Waals surface area contributed by atoms with Gasteiger partial charge in [0, 0.05) is 40.4 Å². The summed E-state index contributed by atoms with van der Waals surface area (Å²) in [6.07, 6.45) is 1.47. The van der Waals surface area contributed by atoms with Crippen molar-refractivity contribution in [3.8, 4) is 0 Å². The third-order valence-corrected chi connectivity index (χ3v) is 8.60. The van der Waals surface area contributed by atoms with Crippen molar-refractivity contribution in [1.82, 2.24) is 25.3 Å². The molecule has 0 spiro atoms. The van der Waals surface area contributed by atoms with Crippen LogP contribution in [0.3, 0.4) is 0 Å². The number of likely N-dealkylation sites (N-methyl/N-ethyl adjacent to an activating group) is 1. The van der Waals surface area contributed by atoms with Crippen LogP contribution in [0.2, 0.25) is 0 Å². The first-order valence-corrected chi connectivity index (χ1v) is 15.6. The van der Waals surface area contributed by atoms with Gasteiger partial charge in [0.2, 0.25) is 17.7 Å². The molecule has 0 aromatic rings. The molecule has 0 aromatic heterocycles. The summed E-state index contributed by atoms with van der Waals surface area (Å²) in [5.41, 5.74) is 5.61. The van der Waals surface area contributed by atoms with Gasteiger partial charge in [0.15, 0.2) is 0 Å². The van der Waals surface area contributed by atoms with Crippen molar-refractivity contribution in [3.63, 3.8) is 0 Å². The van der Waals surface area contributed by atoms with Crippen LogP contribution in [0.5, 0.6) is 0 Å². The van der Waals surface area contributed by atoms with Crippen LogP contribution in [0, 0.1) is 11.8 Å². The fourth-order valence-electron chi connectivity index (χ4n) is 5.88. The molecule has 254 valence electrons. The second kappa shape index (κ2) is 19.4. The predicted molar refractivity (Wildman–Crippen MR) is 166 cm³/mol. The maximum atomic E-state index is 13.7. The summed E-state index contributed by atoms with van der Waals surface area (Å²) in [6, 6.07) is -1.22. The summed E-state index contributed by atoms with van der Waals surface area (Å²) < 4.78 is 11.5. The number of carboxylic acid groups (broad SMARTS) is 1. The highest BCUT2D eigenvalue weighted by Crippen LogP contribution is 2.29. The van der Waals surface area contributed by atoms with Gasteiger partial charge in [-0.15, -0.1) is 0 Å². The molecule has 14 heteroatoms. The number of nitrogens with two attached hydrogens (primary N) is 1. The Bertz CT molecular complexity index is 950. The van der Waals surface area contributed by atoms with Crippen molar-refractivity contribution in [2.45, 2.75) is 97.1 Å². The molecule has 6 atom stereocenters. The van der Waals surface area contributed by atoms with Gasteiger partial charge < -0.3 is 45.6 Å². The summed E-state index contributed by atoms with van der Waals surface area (Å²) in [5, 5.41) is 14.0. The van der Waals surface area contributed by atoms with E-state index in [-0.39, 0.29) is 48.8 Å². The molecular formula is C30H56N6O8. The molecule has 6 unspecified atom stereocenters. The third kappa shape index (κ3) is 11.2. The van der Waals surface area contributed by atoms with E-state index in [0.717, 1.165) is 12.8 Å². The van der Waals surface area contributed by atoms with Gasteiger partial charge in [0.05, 0.1) is 43.2 Å². The first-order valence-electron chi connectivity index (χ1n) is 15.6. The van der Waals surface area contributed by atoms with Crippen molar-refractivity contribution in [2.75, 3.05) is 54.0 Å². The lowest BCUT2D eigenvalue weighted by Gasteiger charge is -2.39. The van der Waals surface area contributed by atoms with Crippen LogP contribution >= 0.6 is 0 Å². The van der Waals surface area contributed by atoms with Crippen molar-refractivity contribution < 1.29 is 38.6 Å². The van der Waals surface area contributed by atoms with E-state index in [1.54, 1.807) is 28.7 Å². The zero-order chi connectivity index (χ0) is 33.6. The lowest BCUT2D eigenvalue weighted by Crippen LogP contribution is -2.55. The SMILES string of the molecule is CCC(C)C(C(CC(=O)N1CCCC1C(OC)C(C)C(=O)NCC(=O)O)OC)N(C)C(=O)CNC(=O)N(CCCN)C(C)C. The quantitative estimate of drug-likeness (QED) is 0.161. The highest BCUT2D eigenvalue weighted by molar-refractivity contribution is 5.85. The number of nitrogens with one attached hydrogen (secondary N) is 2. The smallest absolute Gasteiger partial charge is 0.322 e. The van der Waals surface area contributed by atoms with E-state index in [4.69, 9.17) is 20.3 Å². The summed E-state index contributed by atoms with van der Waals surface area (Å²) in [4.78, 5) is 68.3. The number of hydrogen-bond acceptors (Lipinski definition) is 8. The topological polar surface area (TPSA) is 184 Å². The van der Waals surface area contributed by atoms with E-state index in [1.165, 1.54) is 14.2 Å². The second-order valence-electron chi connectivity index (χ2n) is 11.8. The zero-order valence-electron chi connectivity index (χ0n) is 27.8. The molecule has 1 fully saturated rings. The van der Waals surface area contributed by atoms with E-state index in [1.807, 2.05) is 27.7 Å². The molecule has 14 nitrogen and oxygen atoms in total. The number of carbonyl (C=O) groups is 5. The predicted octanol–water partition coefficient (Wildman–Crippen LogP) is 0.876. The molecule has 1 rings (SSSR count). The molecule has 0 aliphatic carbocycles. The minimum absolute atomic E-state index is 0.00221. The molecule has 0 saturated carbocycles. The van der Waals surface area contributed by atoms with Gasteiger partial charge in [-0.3, -0.25) is 19.2 Å². The van der Waals surface area contributed by atoms with Gasteiger partial charge in [-0.1, -0.05) is 27.2 Å². The summed E-state index contributed by atoms with van der Waals surface area (Å²) >= 11 is 0. The number of amides is 5. The maximum absolute atomic E-state index is 13.7. The van der Waals surface area contributed by atoms with Gasteiger partial charge in [0.25, 0.3) is 0 Å². The molecule has 0 bridgehead atoms. The number of rotatable bonds is 19. The minimum Gasteiger partial charge on any atom is -0.480 e. The fourth-order valence-corrected chi connectivity index (χ4v) is 5.88. The van der Waals surface area contributed by atoms with E-state index in [0.29, 0.717) is 32.5 Å². The number of hydrogen-bond donors (Lipinski definition) is 4. The Hall–Kier alpha value is -2.97. The fraction of sp³-hybridized carbons (Fsp3) is 0.833. The van der Waals surface area contributed by atoms with Crippen molar-refractivity contribution >= 4 is 29.7 Å². The van der Waals surface area contributed by atoms with Crippen molar-refractivity contribution in [3.05, 3.63) is 0 Å². The number of urea groups is 1. The Labute approximate surface area is 262 Å². The molecule has 5 N–H and O–H groups in total. The molecule has 0 aromatic carbocycles. The van der Waals surface area contributed by atoms with Crippen molar-refractivity contribution in [1.29, 1.82) is 0 Å². The van der Waals surface area contributed by atoms with Gasteiger partial charge in [-0.2, -0.15) is 0 Å². The number of aliphatic carboxylic acids is 1. The van der Waals surface area contributed by atoms with E-state index in [2.05, 4.69) is 10.6 Å². The molecule has 1 aliphatic heterocycles. The molecular weight excluding hydrogens is 572 g/mol. The number of ether oxygens (including phenoxy) is 2. The maximum Gasteiger partial charge on any atom is 0.322 e. The normalized spacial score (nSPS) is 18.2. The molecule has 5 amide bonds. The lowest BCUT2D eigenvalue weighted by atomic mass is 9.90. The highest BCUT2D eigenvalue weighted by Gasteiger charge is 2.42. The Kier molecular flexibility index (Phi) is 17.2. The number of likely N-dealkylation sites (tertiary alicyclic amines) is 1. The van der Waals surface area contributed by atoms with Crippen LogP contribution in [0.4, 0.5) is 4.79 Å². The molecule has 1 saturated heterocycles. The number of carboxylic acids is 1. The molecule has 1 heterocycles. The van der Waals surface area contributed by atoms with Crippen LogP contribution in [0.15, 0.2) is 0 Å². The Morgan fingerprint density at radius 3 is 2.23 bits per heavy atom. The minimum atomic E-state index is -1.15. The van der Waals surface area contributed by atoms with Crippen LogP contribution in [0.1, 0.15) is 66.7 Å². The molecule has 0 radical (unpaired) electrons. The van der Waals surface area contributed by atoms with Gasteiger partial charge in [0.1, 0.15) is 6.54 Å². The number of carbonyl (C=O) groups excluding carboxylic acids is 4. The summed E-state index contributed by atoms with van der Waals surface area (Å²) in [5.74, 6) is -2.81. The lowest BCUT2D eigenvalue weighted by molar-refractivity contribution is -0.146. The van der Waals surface area contributed by atoms with E-state index < -0.39 is 42.6 Å². The number of methoxy groups -OCH3 is 2. The number of nitrogens with zero attached hydrogens (tertiary/aromatic N) is 3. The van der Waals surface area contributed by atoms with Crippen LogP contribution < -0.4 is 16.4 Å². The van der Waals surface area contributed by atoms with Gasteiger partial charge in [-0.05, 0) is 45.6 Å². The third-order valence-electron chi connectivity index (χ3n) is 8.60. The average Bonchev–Trinajstić information content (AvgIpc) is 3.47. The molecule has 1 aliphatic rings. The standard InChI is InChI=1S/C30H56N6O8/c1-9-20(4)27(34(6)25(38)17-33-30(42)35(19(2)3)15-11-13-31)23(43-7)16-24(37)36-14-10-12-22(36)28(44-8)21(5)29(41)32-18-26(39)40/h19-23,27-28H,9-18,31H2,1-8H3,(H,32,41)(H,33,42)(H,39,40). The Morgan fingerprint density at radius 1 is 1.05 bits per heavy atom. The van der Waals surface area contributed by atoms with Gasteiger partial charge in [-0.25, -0.2) is 4.79 Å². The average molecular weight is 629 g/mol. The second-order valence-corrected chi connectivity index (χ2v) is 11.8. The largest absolute Gasteiger partial charge is 0.480 e. The van der Waals surface area contributed by atoms with Gasteiger partial charge >= 0.3 is 12.0 Å². The molecule has 44 heavy (non-hydrogen) atoms. The first-order chi connectivity index (χ1) is 20.7. The zero-order valence-corrected chi connectivity index (χ0v) is 27.8.